The van der Waals surface area contributed by atoms with Crippen LogP contribution in [0, 0.1) is 0 Å². The molecule has 37 heavy (non-hydrogen) atoms. The van der Waals surface area contributed by atoms with Gasteiger partial charge in [-0.25, -0.2) is 4.98 Å². The monoisotopic (exact) mass is 527 g/mol. The van der Waals surface area contributed by atoms with E-state index in [1.54, 1.807) is 0 Å². The maximum absolute atomic E-state index is 13.6. The highest BCUT2D eigenvalue weighted by atomic mass is 35.5. The zero-order chi connectivity index (χ0) is 26.0. The number of anilines is 1. The minimum Gasteiger partial charge on any atom is -0.324 e. The number of benzene rings is 2. The third-order valence-electron chi connectivity index (χ3n) is 6.48. The van der Waals surface area contributed by atoms with Gasteiger partial charge in [-0.05, 0) is 35.9 Å². The largest absolute Gasteiger partial charge is 0.418 e. The van der Waals surface area contributed by atoms with Crippen LogP contribution in [0.3, 0.4) is 0 Å². The Morgan fingerprint density at radius 2 is 1.73 bits per heavy atom. The number of piperazine rings is 1. The number of carbonyl (C=O) groups excluding carboxylic acids is 1. The summed E-state index contributed by atoms with van der Waals surface area (Å²) in [5.74, 6) is -0.521. The van der Waals surface area contributed by atoms with Crippen molar-refractivity contribution in [1.82, 2.24) is 19.2 Å². The number of nitrogens with one attached hydrogen (secondary N) is 1. The van der Waals surface area contributed by atoms with Crippen LogP contribution in [-0.4, -0.2) is 51.3 Å². The molecule has 1 aliphatic rings. The van der Waals surface area contributed by atoms with E-state index in [4.69, 9.17) is 11.6 Å². The van der Waals surface area contributed by atoms with Crippen molar-refractivity contribution in [2.24, 2.45) is 0 Å². The maximum Gasteiger partial charge on any atom is 0.418 e. The number of nitrogens with zero attached hydrogens (tertiary/aromatic N) is 4. The second-order valence-electron chi connectivity index (χ2n) is 9.00. The molecule has 10 heteroatoms. The number of hydrogen-bond donors (Lipinski definition) is 1. The third-order valence-corrected chi connectivity index (χ3v) is 6.72. The number of aromatic nitrogens is 2. The van der Waals surface area contributed by atoms with E-state index >= 15 is 0 Å². The number of alkyl halides is 3. The van der Waals surface area contributed by atoms with Gasteiger partial charge in [0.2, 0.25) is 5.91 Å². The Hall–Kier alpha value is -3.40. The molecule has 2 aromatic carbocycles. The first kappa shape index (κ1) is 25.3. The number of amides is 1. The molecule has 4 aromatic rings. The molecule has 3 heterocycles. The molecule has 0 spiro atoms. The fourth-order valence-electron chi connectivity index (χ4n) is 4.70. The van der Waals surface area contributed by atoms with Crippen LogP contribution < -0.4 is 5.32 Å². The topological polar surface area (TPSA) is 52.9 Å². The van der Waals surface area contributed by atoms with E-state index in [0.717, 1.165) is 23.0 Å². The molecule has 1 atom stereocenters. The quantitative estimate of drug-likeness (QED) is 0.359. The summed E-state index contributed by atoms with van der Waals surface area (Å²) in [7, 11) is 0. The lowest BCUT2D eigenvalue weighted by molar-refractivity contribution is -0.137. The van der Waals surface area contributed by atoms with Crippen LogP contribution in [0.25, 0.3) is 5.65 Å². The Morgan fingerprint density at radius 3 is 2.43 bits per heavy atom. The van der Waals surface area contributed by atoms with Gasteiger partial charge in [-0.3, -0.25) is 14.6 Å². The van der Waals surface area contributed by atoms with Gasteiger partial charge >= 0.3 is 6.18 Å². The number of pyridine rings is 1. The number of halogens is 4. The zero-order valence-electron chi connectivity index (χ0n) is 19.8. The second-order valence-corrected chi connectivity index (χ2v) is 9.44. The minimum absolute atomic E-state index is 0.0494. The summed E-state index contributed by atoms with van der Waals surface area (Å²) in [6.07, 6.45) is -0.691. The SMILES string of the molecule is O=C(Nc1ccc(Cl)cc1C(F)(F)F)C(c1ccccc1)N1CCN(Cc2cn3ccccc3n2)CC1. The van der Waals surface area contributed by atoms with Crippen LogP contribution in [-0.2, 0) is 17.5 Å². The molecule has 1 saturated heterocycles. The van der Waals surface area contributed by atoms with Gasteiger partial charge in [0.15, 0.2) is 0 Å². The molecule has 1 aliphatic heterocycles. The van der Waals surface area contributed by atoms with Gasteiger partial charge in [-0.1, -0.05) is 48.0 Å². The van der Waals surface area contributed by atoms with E-state index in [1.807, 2.05) is 70.2 Å². The maximum atomic E-state index is 13.6. The molecule has 5 rings (SSSR count). The predicted octanol–water partition coefficient (Wildman–Crippen LogP) is 5.50. The lowest BCUT2D eigenvalue weighted by Gasteiger charge is -2.38. The smallest absolute Gasteiger partial charge is 0.324 e. The van der Waals surface area contributed by atoms with E-state index in [2.05, 4.69) is 15.2 Å². The van der Waals surface area contributed by atoms with E-state index in [1.165, 1.54) is 12.1 Å². The van der Waals surface area contributed by atoms with Crippen LogP contribution in [0.4, 0.5) is 18.9 Å². The molecule has 192 valence electrons. The van der Waals surface area contributed by atoms with Gasteiger partial charge in [0.25, 0.3) is 0 Å². The molecule has 1 fully saturated rings. The van der Waals surface area contributed by atoms with Crippen molar-refractivity contribution in [1.29, 1.82) is 0 Å². The molecule has 6 nitrogen and oxygen atoms in total. The Kier molecular flexibility index (Phi) is 7.19. The molecule has 1 unspecified atom stereocenters. The Morgan fingerprint density at radius 1 is 1.00 bits per heavy atom. The fourth-order valence-corrected chi connectivity index (χ4v) is 4.87. The van der Waals surface area contributed by atoms with Crippen molar-refractivity contribution < 1.29 is 18.0 Å². The molecule has 0 radical (unpaired) electrons. The molecular formula is C27H25ClF3N5O. The Balaban J connectivity index is 1.32. The molecule has 0 aliphatic carbocycles. The van der Waals surface area contributed by atoms with Gasteiger partial charge in [0.1, 0.15) is 11.7 Å². The zero-order valence-corrected chi connectivity index (χ0v) is 20.6. The average molecular weight is 528 g/mol. The van der Waals surface area contributed by atoms with Gasteiger partial charge in [-0.15, -0.1) is 0 Å². The fraction of sp³-hybridized carbons (Fsp3) is 0.259. The van der Waals surface area contributed by atoms with Crippen LogP contribution in [0.1, 0.15) is 22.9 Å². The summed E-state index contributed by atoms with van der Waals surface area (Å²) in [5.41, 5.74) is 1.28. The van der Waals surface area contributed by atoms with Crippen molar-refractivity contribution in [3.8, 4) is 0 Å². The van der Waals surface area contributed by atoms with E-state index in [9.17, 15) is 18.0 Å². The number of rotatable bonds is 6. The predicted molar refractivity (Wildman–Crippen MR) is 136 cm³/mol. The second kappa shape index (κ2) is 10.5. The summed E-state index contributed by atoms with van der Waals surface area (Å²) < 4.78 is 42.8. The molecule has 0 saturated carbocycles. The van der Waals surface area contributed by atoms with Crippen molar-refractivity contribution in [3.63, 3.8) is 0 Å². The first-order valence-corrected chi connectivity index (χ1v) is 12.3. The third kappa shape index (κ3) is 5.79. The molecule has 0 bridgehead atoms. The highest BCUT2D eigenvalue weighted by Crippen LogP contribution is 2.37. The van der Waals surface area contributed by atoms with Crippen molar-refractivity contribution >= 4 is 28.8 Å². The van der Waals surface area contributed by atoms with Gasteiger partial charge < -0.3 is 9.72 Å². The van der Waals surface area contributed by atoms with Crippen LogP contribution in [0.5, 0.6) is 0 Å². The van der Waals surface area contributed by atoms with Crippen LogP contribution in [0.2, 0.25) is 5.02 Å². The van der Waals surface area contributed by atoms with Crippen LogP contribution >= 0.6 is 11.6 Å². The summed E-state index contributed by atoms with van der Waals surface area (Å²) in [6, 6.07) is 17.6. The Bertz CT molecular complexity index is 1350. The highest BCUT2D eigenvalue weighted by molar-refractivity contribution is 6.30. The standard InChI is InChI=1S/C27H25ClF3N5O/c28-20-9-10-23(22(16-20)27(29,30)31)33-26(37)25(19-6-2-1-3-7-19)35-14-12-34(13-15-35)17-21-18-36-11-5-4-8-24(36)32-21/h1-11,16,18,25H,12-15,17H2,(H,33,37). The summed E-state index contributed by atoms with van der Waals surface area (Å²) in [6.45, 7) is 3.22. The normalized spacial score (nSPS) is 16.1. The number of fused-ring (bicyclic) bond motifs is 1. The van der Waals surface area contributed by atoms with Crippen LogP contribution in [0.15, 0.2) is 79.1 Å². The number of imidazole rings is 1. The molecular weight excluding hydrogens is 503 g/mol. The number of carbonyl (C=O) groups is 1. The van der Waals surface area contributed by atoms with E-state index < -0.39 is 23.7 Å². The van der Waals surface area contributed by atoms with Gasteiger partial charge in [-0.2, -0.15) is 13.2 Å². The highest BCUT2D eigenvalue weighted by Gasteiger charge is 2.36. The Labute approximate surface area is 217 Å². The minimum atomic E-state index is -4.65. The first-order chi connectivity index (χ1) is 17.8. The summed E-state index contributed by atoms with van der Waals surface area (Å²) >= 11 is 5.80. The van der Waals surface area contributed by atoms with E-state index in [-0.39, 0.29) is 10.7 Å². The van der Waals surface area contributed by atoms with Gasteiger partial charge in [0.05, 0.1) is 16.9 Å². The first-order valence-electron chi connectivity index (χ1n) is 11.9. The van der Waals surface area contributed by atoms with Gasteiger partial charge in [0, 0.05) is 50.1 Å². The molecule has 2 aromatic heterocycles. The summed E-state index contributed by atoms with van der Waals surface area (Å²) in [5, 5.41) is 2.47. The molecule has 1 N–H and O–H groups in total. The van der Waals surface area contributed by atoms with E-state index in [0.29, 0.717) is 32.7 Å². The lowest BCUT2D eigenvalue weighted by Crippen LogP contribution is -2.49. The molecule has 1 amide bonds. The summed E-state index contributed by atoms with van der Waals surface area (Å²) in [4.78, 5) is 22.4. The van der Waals surface area contributed by atoms with Crippen molar-refractivity contribution in [2.75, 3.05) is 31.5 Å². The van der Waals surface area contributed by atoms with Crippen molar-refractivity contribution in [2.45, 2.75) is 18.8 Å². The lowest BCUT2D eigenvalue weighted by atomic mass is 10.0. The average Bonchev–Trinajstić information content (AvgIpc) is 3.29. The van der Waals surface area contributed by atoms with Crippen molar-refractivity contribution in [3.05, 3.63) is 101 Å². The number of hydrogen-bond acceptors (Lipinski definition) is 4.